The van der Waals surface area contributed by atoms with Crippen molar-refractivity contribution in [2.24, 2.45) is 0 Å². The number of piperidine rings is 1. The third kappa shape index (κ3) is 4.85. The zero-order valence-electron chi connectivity index (χ0n) is 13.6. The normalized spacial score (nSPS) is 23.7. The van der Waals surface area contributed by atoms with E-state index in [4.69, 9.17) is 0 Å². The minimum Gasteiger partial charge on any atom is -0.389 e. The van der Waals surface area contributed by atoms with Crippen molar-refractivity contribution in [3.8, 4) is 0 Å². The largest absolute Gasteiger partial charge is 0.389 e. The number of carbonyl (C=O) groups is 1. The lowest BCUT2D eigenvalue weighted by Crippen LogP contribution is -2.51. The van der Waals surface area contributed by atoms with Crippen LogP contribution in [0.1, 0.15) is 51.4 Å². The number of likely N-dealkylation sites (tertiary alicyclic amines) is 1. The van der Waals surface area contributed by atoms with Gasteiger partial charge in [-0.2, -0.15) is 0 Å². The van der Waals surface area contributed by atoms with Crippen molar-refractivity contribution in [3.05, 3.63) is 0 Å². The van der Waals surface area contributed by atoms with Crippen LogP contribution in [0.5, 0.6) is 0 Å². The van der Waals surface area contributed by atoms with Gasteiger partial charge in [0.25, 0.3) is 0 Å². The van der Waals surface area contributed by atoms with Crippen LogP contribution in [0.4, 0.5) is 4.79 Å². The van der Waals surface area contributed by atoms with Crippen LogP contribution in [0.15, 0.2) is 0 Å². The summed E-state index contributed by atoms with van der Waals surface area (Å²) in [5.74, 6) is 0. The molecule has 2 rings (SSSR count). The minimum atomic E-state index is -0.507. The number of carbonyl (C=O) groups excluding carboxylic acids is 1. The molecule has 122 valence electrons. The quantitative estimate of drug-likeness (QED) is 0.781. The zero-order valence-corrected chi connectivity index (χ0v) is 13.6. The molecule has 0 aromatic heterocycles. The highest BCUT2D eigenvalue weighted by molar-refractivity contribution is 5.73. The molecule has 0 aromatic rings. The van der Waals surface area contributed by atoms with Crippen LogP contribution >= 0.6 is 0 Å². The molecule has 5 heteroatoms. The monoisotopic (exact) mass is 297 g/mol. The number of amides is 2. The van der Waals surface area contributed by atoms with Crippen molar-refractivity contribution in [3.63, 3.8) is 0 Å². The average molecular weight is 297 g/mol. The number of rotatable bonds is 3. The highest BCUT2D eigenvalue weighted by Crippen LogP contribution is 2.26. The van der Waals surface area contributed by atoms with Crippen molar-refractivity contribution in [1.29, 1.82) is 0 Å². The maximum Gasteiger partial charge on any atom is 0.319 e. The lowest BCUT2D eigenvalue weighted by atomic mass is 9.93. The number of hydrogen-bond acceptors (Lipinski definition) is 3. The van der Waals surface area contributed by atoms with Gasteiger partial charge in [-0.25, -0.2) is 4.79 Å². The molecule has 21 heavy (non-hydrogen) atoms. The Morgan fingerprint density at radius 1 is 1.19 bits per heavy atom. The fourth-order valence-electron chi connectivity index (χ4n) is 3.46. The Morgan fingerprint density at radius 2 is 1.76 bits per heavy atom. The molecule has 2 N–H and O–H groups in total. The van der Waals surface area contributed by atoms with Gasteiger partial charge in [-0.1, -0.05) is 25.7 Å². The van der Waals surface area contributed by atoms with Crippen molar-refractivity contribution in [2.45, 2.75) is 63.0 Å². The molecule has 1 saturated carbocycles. The van der Waals surface area contributed by atoms with E-state index >= 15 is 0 Å². The molecular formula is C16H31N3O2. The van der Waals surface area contributed by atoms with Gasteiger partial charge in [0, 0.05) is 39.8 Å². The summed E-state index contributed by atoms with van der Waals surface area (Å²) < 4.78 is 0. The van der Waals surface area contributed by atoms with Gasteiger partial charge in [0.15, 0.2) is 0 Å². The van der Waals surface area contributed by atoms with E-state index in [2.05, 4.69) is 5.32 Å². The highest BCUT2D eigenvalue weighted by atomic mass is 16.3. The molecule has 1 saturated heterocycles. The molecule has 1 aliphatic carbocycles. The predicted octanol–water partition coefficient (Wildman–Crippen LogP) is 1.81. The summed E-state index contributed by atoms with van der Waals surface area (Å²) in [7, 11) is 3.60. The van der Waals surface area contributed by atoms with E-state index in [1.54, 1.807) is 19.0 Å². The Balaban J connectivity index is 1.72. The zero-order chi connectivity index (χ0) is 15.3. The topological polar surface area (TPSA) is 55.8 Å². The standard InChI is InChI=1S/C16H31N3O2/c1-18(2)15(20)19-11-7-14(8-12-19)17-13-16(21)9-5-3-4-6-10-16/h14,17,21H,3-13H2,1-2H3. The number of nitrogens with one attached hydrogen (secondary N) is 1. The Kier molecular flexibility index (Phi) is 5.88. The second-order valence-corrected chi connectivity index (χ2v) is 6.96. The van der Waals surface area contributed by atoms with E-state index in [9.17, 15) is 9.90 Å². The van der Waals surface area contributed by atoms with Crippen molar-refractivity contribution < 1.29 is 9.90 Å². The van der Waals surface area contributed by atoms with Crippen LogP contribution in [-0.4, -0.2) is 66.3 Å². The van der Waals surface area contributed by atoms with Crippen LogP contribution in [-0.2, 0) is 0 Å². The molecule has 2 aliphatic rings. The smallest absolute Gasteiger partial charge is 0.319 e. The van der Waals surface area contributed by atoms with E-state index in [0.29, 0.717) is 12.6 Å². The van der Waals surface area contributed by atoms with E-state index in [0.717, 1.165) is 51.6 Å². The van der Waals surface area contributed by atoms with Gasteiger partial charge >= 0.3 is 6.03 Å². The van der Waals surface area contributed by atoms with Crippen molar-refractivity contribution in [1.82, 2.24) is 15.1 Å². The van der Waals surface area contributed by atoms with Gasteiger partial charge in [0.05, 0.1) is 5.60 Å². The lowest BCUT2D eigenvalue weighted by molar-refractivity contribution is 0.0206. The molecule has 5 nitrogen and oxygen atoms in total. The molecule has 0 radical (unpaired) electrons. The van der Waals surface area contributed by atoms with Gasteiger partial charge in [-0.05, 0) is 25.7 Å². The number of aliphatic hydroxyl groups is 1. The van der Waals surface area contributed by atoms with E-state index in [1.165, 1.54) is 12.8 Å². The maximum absolute atomic E-state index is 11.9. The van der Waals surface area contributed by atoms with Gasteiger partial charge in [0.1, 0.15) is 0 Å². The Labute approximate surface area is 128 Å². The second kappa shape index (κ2) is 7.45. The minimum absolute atomic E-state index is 0.107. The summed E-state index contributed by atoms with van der Waals surface area (Å²) >= 11 is 0. The first kappa shape index (κ1) is 16.6. The second-order valence-electron chi connectivity index (χ2n) is 6.96. The molecule has 2 fully saturated rings. The van der Waals surface area contributed by atoms with Crippen LogP contribution in [0.2, 0.25) is 0 Å². The first-order valence-corrected chi connectivity index (χ1v) is 8.42. The third-order valence-electron chi connectivity index (χ3n) is 4.90. The van der Waals surface area contributed by atoms with Crippen LogP contribution < -0.4 is 5.32 Å². The van der Waals surface area contributed by atoms with E-state index in [1.807, 2.05) is 4.90 Å². The fraction of sp³-hybridized carbons (Fsp3) is 0.938. The third-order valence-corrected chi connectivity index (χ3v) is 4.90. The average Bonchev–Trinajstić information content (AvgIpc) is 2.70. The van der Waals surface area contributed by atoms with Gasteiger partial charge in [0.2, 0.25) is 0 Å². The Bertz CT molecular complexity index is 330. The molecule has 2 amide bonds. The molecule has 0 spiro atoms. The number of nitrogens with zero attached hydrogens (tertiary/aromatic N) is 2. The van der Waals surface area contributed by atoms with Crippen LogP contribution in [0, 0.1) is 0 Å². The van der Waals surface area contributed by atoms with Crippen LogP contribution in [0.25, 0.3) is 0 Å². The highest BCUT2D eigenvalue weighted by Gasteiger charge is 2.30. The fourth-order valence-corrected chi connectivity index (χ4v) is 3.46. The molecule has 0 unspecified atom stereocenters. The SMILES string of the molecule is CN(C)C(=O)N1CCC(NCC2(O)CCCCCC2)CC1. The summed E-state index contributed by atoms with van der Waals surface area (Å²) in [5, 5.41) is 14.2. The maximum atomic E-state index is 11.9. The molecule has 1 aliphatic heterocycles. The summed E-state index contributed by atoms with van der Waals surface area (Å²) in [5.41, 5.74) is -0.507. The van der Waals surface area contributed by atoms with Gasteiger partial charge in [-0.15, -0.1) is 0 Å². The van der Waals surface area contributed by atoms with Crippen molar-refractivity contribution >= 4 is 6.03 Å². The molecule has 1 heterocycles. The lowest BCUT2D eigenvalue weighted by Gasteiger charge is -2.36. The molecule has 0 aromatic carbocycles. The van der Waals surface area contributed by atoms with Crippen LogP contribution in [0.3, 0.4) is 0 Å². The first-order chi connectivity index (χ1) is 10.0. The predicted molar refractivity (Wildman–Crippen MR) is 84.3 cm³/mol. The Hall–Kier alpha value is -0.810. The molecule has 0 atom stereocenters. The van der Waals surface area contributed by atoms with E-state index < -0.39 is 5.60 Å². The Morgan fingerprint density at radius 3 is 2.29 bits per heavy atom. The number of hydrogen-bond donors (Lipinski definition) is 2. The molecular weight excluding hydrogens is 266 g/mol. The van der Waals surface area contributed by atoms with Gasteiger partial charge in [-0.3, -0.25) is 0 Å². The summed E-state index contributed by atoms with van der Waals surface area (Å²) in [6, 6.07) is 0.541. The van der Waals surface area contributed by atoms with E-state index in [-0.39, 0.29) is 6.03 Å². The summed E-state index contributed by atoms with van der Waals surface area (Å²) in [6.07, 6.45) is 8.63. The first-order valence-electron chi connectivity index (χ1n) is 8.42. The summed E-state index contributed by atoms with van der Waals surface area (Å²) in [6.45, 7) is 2.33. The summed E-state index contributed by atoms with van der Waals surface area (Å²) in [4.78, 5) is 15.4. The van der Waals surface area contributed by atoms with Gasteiger partial charge < -0.3 is 20.2 Å². The van der Waals surface area contributed by atoms with Crippen molar-refractivity contribution in [2.75, 3.05) is 33.7 Å². The number of urea groups is 1. The molecule has 0 bridgehead atoms.